The van der Waals surface area contributed by atoms with Crippen molar-refractivity contribution in [3.05, 3.63) is 108 Å². The van der Waals surface area contributed by atoms with E-state index in [4.69, 9.17) is 0 Å². The minimum atomic E-state index is -0.198. The molecule has 314 valence electrons. The number of anilines is 2. The second-order valence-corrected chi connectivity index (χ2v) is 16.9. The Morgan fingerprint density at radius 1 is 0.492 bits per heavy atom. The molecule has 0 fully saturated rings. The predicted molar refractivity (Wildman–Crippen MR) is 238 cm³/mol. The van der Waals surface area contributed by atoms with Gasteiger partial charge in [-0.3, -0.25) is 19.2 Å². The van der Waals surface area contributed by atoms with Crippen molar-refractivity contribution < 1.29 is 19.2 Å². The molecule has 2 aromatic heterocycles. The van der Waals surface area contributed by atoms with Crippen LogP contribution in [-0.2, 0) is 32.3 Å². The number of carbonyl (C=O) groups is 4. The van der Waals surface area contributed by atoms with Crippen molar-refractivity contribution in [3.63, 3.8) is 0 Å². The van der Waals surface area contributed by atoms with Crippen LogP contribution in [0.5, 0.6) is 0 Å². The standard InChI is InChI=1S/C25H28N4O2.C24H26N4O2/c1-16(2)22(30)13-14-23(31)28-15-18-9-5-6-10-19(18)25-24(26-27-29(25)17(3)4)20-11-7-8-12-21(20)28;1-15(2)21(29)13-22(30)27-14-17-9-5-6-10-18(17)24-23(25-26-28(24)16(3)4)19-11-7-8-12-20(19)27/h5-12,16-17H,13-15H2,1-4H3;5-12,15-16H,13-14H2,1-4H3. The van der Waals surface area contributed by atoms with Crippen molar-refractivity contribution in [2.75, 3.05) is 9.80 Å². The largest absolute Gasteiger partial charge is 0.307 e. The lowest BCUT2D eigenvalue weighted by Gasteiger charge is -2.29. The molecule has 4 heterocycles. The fourth-order valence-electron chi connectivity index (χ4n) is 7.83. The highest BCUT2D eigenvalue weighted by atomic mass is 16.2. The van der Waals surface area contributed by atoms with Gasteiger partial charge < -0.3 is 9.80 Å². The minimum Gasteiger partial charge on any atom is -0.307 e. The van der Waals surface area contributed by atoms with Gasteiger partial charge in [0.15, 0.2) is 0 Å². The number of amides is 2. The molecule has 2 amide bonds. The summed E-state index contributed by atoms with van der Waals surface area (Å²) in [7, 11) is 0. The van der Waals surface area contributed by atoms with Crippen LogP contribution in [0.1, 0.15) is 97.9 Å². The second-order valence-electron chi connectivity index (χ2n) is 16.9. The Hall–Kier alpha value is -6.56. The second kappa shape index (κ2) is 18.0. The number of nitrogens with zero attached hydrogens (tertiary/aromatic N) is 8. The average Bonchev–Trinajstić information content (AvgIpc) is 3.89. The molecule has 0 spiro atoms. The zero-order valence-electron chi connectivity index (χ0n) is 36.3. The van der Waals surface area contributed by atoms with E-state index in [1.807, 2.05) is 128 Å². The highest BCUT2D eigenvalue weighted by Gasteiger charge is 2.32. The lowest BCUT2D eigenvalue weighted by Crippen LogP contribution is -2.34. The first-order valence-corrected chi connectivity index (χ1v) is 21.2. The summed E-state index contributed by atoms with van der Waals surface area (Å²) < 4.78 is 3.88. The molecule has 0 saturated heterocycles. The van der Waals surface area contributed by atoms with E-state index < -0.39 is 0 Å². The first-order chi connectivity index (χ1) is 29.3. The molecule has 8 rings (SSSR count). The molecule has 6 aromatic rings. The quantitative estimate of drug-likeness (QED) is 0.132. The number of Topliss-reactive ketones (excluding diaryl/α,β-unsaturated/α-hetero) is 2. The van der Waals surface area contributed by atoms with E-state index in [0.29, 0.717) is 13.1 Å². The molecule has 0 unspecified atom stereocenters. The van der Waals surface area contributed by atoms with Gasteiger partial charge in [0.05, 0.1) is 42.3 Å². The fourth-order valence-corrected chi connectivity index (χ4v) is 7.83. The smallest absolute Gasteiger partial charge is 0.234 e. The van der Waals surface area contributed by atoms with E-state index in [-0.39, 0.29) is 66.6 Å². The summed E-state index contributed by atoms with van der Waals surface area (Å²) in [6.07, 6.45) is 0.338. The highest BCUT2D eigenvalue weighted by Crippen LogP contribution is 2.43. The van der Waals surface area contributed by atoms with E-state index in [1.54, 1.807) is 9.80 Å². The number of para-hydroxylation sites is 2. The van der Waals surface area contributed by atoms with E-state index in [0.717, 1.165) is 67.5 Å². The summed E-state index contributed by atoms with van der Waals surface area (Å²) in [6, 6.07) is 32.0. The number of rotatable bonds is 9. The lowest BCUT2D eigenvalue weighted by molar-refractivity contribution is -0.128. The highest BCUT2D eigenvalue weighted by molar-refractivity contribution is 6.08. The molecule has 2 aliphatic rings. The summed E-state index contributed by atoms with van der Waals surface area (Å²) in [5, 5.41) is 17.9. The SMILES string of the molecule is CC(C)C(=O)CC(=O)N1Cc2ccccc2-c2c(nnn2C(C)C)-c2ccccc21.CC(C)C(=O)CCC(=O)N1Cc2ccccc2-c2c(nnn2C(C)C)-c2ccccc21. The van der Waals surface area contributed by atoms with Gasteiger partial charge in [-0.25, -0.2) is 9.36 Å². The molecule has 0 bridgehead atoms. The van der Waals surface area contributed by atoms with Crippen LogP contribution >= 0.6 is 0 Å². The molecule has 61 heavy (non-hydrogen) atoms. The molecule has 0 atom stereocenters. The topological polar surface area (TPSA) is 136 Å². The number of benzene rings is 4. The molecule has 4 aromatic carbocycles. The van der Waals surface area contributed by atoms with Crippen molar-refractivity contribution in [2.24, 2.45) is 11.8 Å². The van der Waals surface area contributed by atoms with Gasteiger partial charge in [0, 0.05) is 59.0 Å². The first-order valence-electron chi connectivity index (χ1n) is 21.2. The van der Waals surface area contributed by atoms with Crippen LogP contribution in [0.25, 0.3) is 45.0 Å². The Labute approximate surface area is 357 Å². The molecule has 0 radical (unpaired) electrons. The molecule has 12 heteroatoms. The van der Waals surface area contributed by atoms with Crippen LogP contribution in [0.15, 0.2) is 97.1 Å². The number of ketones is 2. The van der Waals surface area contributed by atoms with Gasteiger partial charge >= 0.3 is 0 Å². The van der Waals surface area contributed by atoms with Crippen LogP contribution in [0.2, 0.25) is 0 Å². The fraction of sp³-hybridized carbons (Fsp3) is 0.347. The van der Waals surface area contributed by atoms with E-state index >= 15 is 0 Å². The third kappa shape index (κ3) is 8.57. The lowest BCUT2D eigenvalue weighted by atomic mass is 9.95. The summed E-state index contributed by atoms with van der Waals surface area (Å²) in [4.78, 5) is 54.5. The van der Waals surface area contributed by atoms with Crippen molar-refractivity contribution in [1.82, 2.24) is 30.0 Å². The number of fused-ring (bicyclic) bond motifs is 10. The maximum absolute atomic E-state index is 13.3. The van der Waals surface area contributed by atoms with Crippen LogP contribution in [-0.4, -0.2) is 53.4 Å². The molecule has 0 N–H and O–H groups in total. The van der Waals surface area contributed by atoms with Gasteiger partial charge in [-0.1, -0.05) is 123 Å². The maximum Gasteiger partial charge on any atom is 0.234 e. The number of carbonyl (C=O) groups excluding carboxylic acids is 4. The average molecular weight is 819 g/mol. The molecule has 0 saturated carbocycles. The van der Waals surface area contributed by atoms with E-state index in [1.165, 1.54) is 0 Å². The Kier molecular flexibility index (Phi) is 12.5. The van der Waals surface area contributed by atoms with E-state index in [9.17, 15) is 19.2 Å². The number of hydrogen-bond donors (Lipinski definition) is 0. The molecular weight excluding hydrogens is 765 g/mol. The van der Waals surface area contributed by atoms with Gasteiger partial charge in [0.25, 0.3) is 0 Å². The summed E-state index contributed by atoms with van der Waals surface area (Å²) in [5.74, 6) is -0.451. The predicted octanol–water partition coefficient (Wildman–Crippen LogP) is 9.70. The Morgan fingerprint density at radius 2 is 0.885 bits per heavy atom. The van der Waals surface area contributed by atoms with E-state index in [2.05, 4.69) is 54.4 Å². The number of hydrogen-bond acceptors (Lipinski definition) is 8. The van der Waals surface area contributed by atoms with Gasteiger partial charge in [-0.2, -0.15) is 0 Å². The van der Waals surface area contributed by atoms with Crippen LogP contribution in [0.3, 0.4) is 0 Å². The zero-order chi connectivity index (χ0) is 43.5. The minimum absolute atomic E-state index is 0.0562. The summed E-state index contributed by atoms with van der Waals surface area (Å²) >= 11 is 0. The maximum atomic E-state index is 13.3. The summed E-state index contributed by atoms with van der Waals surface area (Å²) in [6.45, 7) is 16.5. The van der Waals surface area contributed by atoms with Crippen molar-refractivity contribution in [1.29, 1.82) is 0 Å². The van der Waals surface area contributed by atoms with Crippen molar-refractivity contribution in [3.8, 4) is 45.0 Å². The molecule has 12 nitrogen and oxygen atoms in total. The Bertz CT molecular complexity index is 2600. The molecular formula is C49H54N8O4. The normalized spacial score (nSPS) is 12.8. The van der Waals surface area contributed by atoms with Crippen LogP contribution in [0, 0.1) is 11.8 Å². The summed E-state index contributed by atoms with van der Waals surface area (Å²) in [5.41, 5.74) is 10.8. The molecule has 0 aliphatic carbocycles. The van der Waals surface area contributed by atoms with Crippen LogP contribution < -0.4 is 9.80 Å². The van der Waals surface area contributed by atoms with Crippen molar-refractivity contribution in [2.45, 2.75) is 99.8 Å². The van der Waals surface area contributed by atoms with Crippen LogP contribution in [0.4, 0.5) is 11.4 Å². The Balaban J connectivity index is 0.000000184. The first kappa shape index (κ1) is 42.6. The monoisotopic (exact) mass is 818 g/mol. The van der Waals surface area contributed by atoms with Gasteiger partial charge in [-0.05, 0) is 51.0 Å². The third-order valence-electron chi connectivity index (χ3n) is 11.3. The van der Waals surface area contributed by atoms with Gasteiger partial charge in [-0.15, -0.1) is 10.2 Å². The molecule has 2 aliphatic heterocycles. The zero-order valence-corrected chi connectivity index (χ0v) is 36.3. The van der Waals surface area contributed by atoms with Gasteiger partial charge in [0.2, 0.25) is 11.8 Å². The Morgan fingerprint density at radius 3 is 1.31 bits per heavy atom. The van der Waals surface area contributed by atoms with Gasteiger partial charge in [0.1, 0.15) is 23.0 Å². The third-order valence-corrected chi connectivity index (χ3v) is 11.3. The van der Waals surface area contributed by atoms with Crippen molar-refractivity contribution >= 4 is 34.8 Å². The number of aromatic nitrogens is 6.